The van der Waals surface area contributed by atoms with Gasteiger partial charge < -0.3 is 10.7 Å². The molecule has 0 spiro atoms. The van der Waals surface area contributed by atoms with Crippen LogP contribution in [0.4, 0.5) is 5.69 Å². The number of nitrogens with two attached hydrogens (primary N) is 1. The Hall–Kier alpha value is -1.55. The number of fused-ring (bicyclic) bond motifs is 1. The van der Waals surface area contributed by atoms with Gasteiger partial charge in [0.1, 0.15) is 0 Å². The highest BCUT2D eigenvalue weighted by Gasteiger charge is 2.27. The number of hydrazine groups is 1. The lowest BCUT2D eigenvalue weighted by Gasteiger charge is -2.32. The van der Waals surface area contributed by atoms with E-state index in [1.54, 1.807) is 0 Å². The van der Waals surface area contributed by atoms with Gasteiger partial charge in [0.25, 0.3) is 0 Å². The molecule has 1 aromatic carbocycles. The molecule has 1 saturated carbocycles. The van der Waals surface area contributed by atoms with Crippen LogP contribution in [0, 0.1) is 0 Å². The van der Waals surface area contributed by atoms with E-state index in [-0.39, 0.29) is 5.91 Å². The first kappa shape index (κ1) is 11.5. The van der Waals surface area contributed by atoms with Crippen molar-refractivity contribution in [3.63, 3.8) is 0 Å². The van der Waals surface area contributed by atoms with Crippen LogP contribution in [0.1, 0.15) is 48.0 Å². The molecule has 0 aromatic heterocycles. The summed E-state index contributed by atoms with van der Waals surface area (Å²) in [5, 5.41) is 2.29. The minimum atomic E-state index is -0.353. The summed E-state index contributed by atoms with van der Waals surface area (Å²) in [6.07, 6.45) is 6.50. The summed E-state index contributed by atoms with van der Waals surface area (Å²) in [5.41, 5.74) is 11.7. The highest BCUT2D eigenvalue weighted by atomic mass is 16.1. The average Bonchev–Trinajstić information content (AvgIpc) is 2.82. The SMILES string of the molecule is NC(=O)c1ccc2c(c1)CNN2C1CCCCC1. The molecule has 3 rings (SSSR count). The van der Waals surface area contributed by atoms with E-state index in [9.17, 15) is 4.79 Å². The van der Waals surface area contributed by atoms with E-state index in [2.05, 4.69) is 10.4 Å². The van der Waals surface area contributed by atoms with Gasteiger partial charge in [-0.1, -0.05) is 19.3 Å². The number of primary amides is 1. The number of hydrogen-bond donors (Lipinski definition) is 2. The zero-order valence-electron chi connectivity index (χ0n) is 10.5. The molecule has 1 amide bonds. The third-order valence-corrected chi connectivity index (χ3v) is 4.00. The Morgan fingerprint density at radius 1 is 1.28 bits per heavy atom. The van der Waals surface area contributed by atoms with Crippen molar-refractivity contribution in [2.45, 2.75) is 44.7 Å². The summed E-state index contributed by atoms with van der Waals surface area (Å²) >= 11 is 0. The summed E-state index contributed by atoms with van der Waals surface area (Å²) in [5.74, 6) is -0.353. The maximum Gasteiger partial charge on any atom is 0.248 e. The van der Waals surface area contributed by atoms with Crippen molar-refractivity contribution < 1.29 is 4.79 Å². The number of carbonyl (C=O) groups excluding carboxylic acids is 1. The third kappa shape index (κ3) is 1.97. The Morgan fingerprint density at radius 3 is 2.78 bits per heavy atom. The zero-order valence-corrected chi connectivity index (χ0v) is 10.5. The lowest BCUT2D eigenvalue weighted by molar-refractivity contribution is 0.1000. The molecule has 3 N–H and O–H groups in total. The molecule has 1 heterocycles. The molecule has 2 aliphatic rings. The number of nitrogens with zero attached hydrogens (tertiary/aromatic N) is 1. The molecular formula is C14H19N3O. The molecule has 1 aliphatic carbocycles. The quantitative estimate of drug-likeness (QED) is 0.837. The average molecular weight is 245 g/mol. The van der Waals surface area contributed by atoms with Crippen LogP contribution in [-0.2, 0) is 6.54 Å². The number of nitrogens with one attached hydrogen (secondary N) is 1. The number of carbonyl (C=O) groups is 1. The fourth-order valence-electron chi connectivity index (χ4n) is 3.04. The molecule has 0 saturated heterocycles. The van der Waals surface area contributed by atoms with Gasteiger partial charge >= 0.3 is 0 Å². The largest absolute Gasteiger partial charge is 0.366 e. The smallest absolute Gasteiger partial charge is 0.248 e. The fraction of sp³-hybridized carbons (Fsp3) is 0.500. The maximum atomic E-state index is 11.2. The highest BCUT2D eigenvalue weighted by molar-refractivity contribution is 5.93. The lowest BCUT2D eigenvalue weighted by atomic mass is 9.94. The van der Waals surface area contributed by atoms with Crippen molar-refractivity contribution >= 4 is 11.6 Å². The number of amides is 1. The van der Waals surface area contributed by atoms with Gasteiger partial charge in [-0.2, -0.15) is 0 Å². The van der Waals surface area contributed by atoms with Gasteiger partial charge in [0.15, 0.2) is 0 Å². The van der Waals surface area contributed by atoms with E-state index in [1.165, 1.54) is 43.4 Å². The summed E-state index contributed by atoms with van der Waals surface area (Å²) < 4.78 is 0. The van der Waals surface area contributed by atoms with Gasteiger partial charge in [-0.3, -0.25) is 4.79 Å². The molecule has 4 nitrogen and oxygen atoms in total. The van der Waals surface area contributed by atoms with Gasteiger partial charge in [-0.25, -0.2) is 5.43 Å². The van der Waals surface area contributed by atoms with E-state index in [0.29, 0.717) is 11.6 Å². The first-order valence-corrected chi connectivity index (χ1v) is 6.71. The molecule has 1 aromatic rings. The molecule has 1 aliphatic heterocycles. The van der Waals surface area contributed by atoms with E-state index in [4.69, 9.17) is 5.73 Å². The fourth-order valence-corrected chi connectivity index (χ4v) is 3.04. The van der Waals surface area contributed by atoms with Gasteiger partial charge in [-0.05, 0) is 36.6 Å². The van der Waals surface area contributed by atoms with Crippen LogP contribution in [0.2, 0.25) is 0 Å². The second-order valence-electron chi connectivity index (χ2n) is 5.20. The molecule has 0 bridgehead atoms. The van der Waals surface area contributed by atoms with Crippen LogP contribution < -0.4 is 16.2 Å². The van der Waals surface area contributed by atoms with Crippen LogP contribution in [-0.4, -0.2) is 11.9 Å². The van der Waals surface area contributed by atoms with E-state index < -0.39 is 0 Å². The highest BCUT2D eigenvalue weighted by Crippen LogP contribution is 2.32. The lowest BCUT2D eigenvalue weighted by Crippen LogP contribution is -2.42. The van der Waals surface area contributed by atoms with Gasteiger partial charge in [0, 0.05) is 18.2 Å². The Balaban J connectivity index is 1.85. The second kappa shape index (κ2) is 4.61. The molecular weight excluding hydrogens is 226 g/mol. The van der Waals surface area contributed by atoms with Crippen LogP contribution in [0.15, 0.2) is 18.2 Å². The van der Waals surface area contributed by atoms with Crippen LogP contribution in [0.3, 0.4) is 0 Å². The first-order chi connectivity index (χ1) is 8.75. The van der Waals surface area contributed by atoms with Crippen molar-refractivity contribution in [3.8, 4) is 0 Å². The second-order valence-corrected chi connectivity index (χ2v) is 5.20. The van der Waals surface area contributed by atoms with E-state index >= 15 is 0 Å². The standard InChI is InChI=1S/C14H19N3O/c15-14(18)10-6-7-13-11(8-10)9-16-17(13)12-4-2-1-3-5-12/h6-8,12,16H,1-5,9H2,(H2,15,18). The van der Waals surface area contributed by atoms with Crippen molar-refractivity contribution in [1.29, 1.82) is 0 Å². The predicted molar refractivity (Wildman–Crippen MR) is 71.2 cm³/mol. The Labute approximate surface area is 107 Å². The first-order valence-electron chi connectivity index (χ1n) is 6.71. The maximum absolute atomic E-state index is 11.2. The summed E-state index contributed by atoms with van der Waals surface area (Å²) in [4.78, 5) is 11.2. The van der Waals surface area contributed by atoms with Crippen molar-refractivity contribution in [1.82, 2.24) is 5.43 Å². The minimum Gasteiger partial charge on any atom is -0.366 e. The zero-order chi connectivity index (χ0) is 12.5. The summed E-state index contributed by atoms with van der Waals surface area (Å²) in [7, 11) is 0. The molecule has 0 unspecified atom stereocenters. The molecule has 1 fully saturated rings. The Bertz CT molecular complexity index is 466. The monoisotopic (exact) mass is 245 g/mol. The van der Waals surface area contributed by atoms with Gasteiger partial charge in [0.05, 0.1) is 5.69 Å². The topological polar surface area (TPSA) is 58.4 Å². The number of benzene rings is 1. The van der Waals surface area contributed by atoms with Crippen LogP contribution in [0.25, 0.3) is 0 Å². The van der Waals surface area contributed by atoms with Crippen molar-refractivity contribution in [2.75, 3.05) is 5.01 Å². The minimum absolute atomic E-state index is 0.353. The molecule has 4 heteroatoms. The van der Waals surface area contributed by atoms with E-state index in [0.717, 1.165) is 6.54 Å². The number of anilines is 1. The molecule has 18 heavy (non-hydrogen) atoms. The van der Waals surface area contributed by atoms with Gasteiger partial charge in [-0.15, -0.1) is 0 Å². The van der Waals surface area contributed by atoms with Crippen molar-refractivity contribution in [3.05, 3.63) is 29.3 Å². The molecule has 0 radical (unpaired) electrons. The summed E-state index contributed by atoms with van der Waals surface area (Å²) in [6.45, 7) is 0.799. The van der Waals surface area contributed by atoms with E-state index in [1.807, 2.05) is 18.2 Å². The van der Waals surface area contributed by atoms with Crippen molar-refractivity contribution in [2.24, 2.45) is 5.73 Å². The Kier molecular flexibility index (Phi) is 2.96. The summed E-state index contributed by atoms with van der Waals surface area (Å²) in [6, 6.07) is 6.35. The normalized spacial score (nSPS) is 19.9. The molecule has 0 atom stereocenters. The van der Waals surface area contributed by atoms with Gasteiger partial charge in [0.2, 0.25) is 5.91 Å². The third-order valence-electron chi connectivity index (χ3n) is 4.00. The number of rotatable bonds is 2. The van der Waals surface area contributed by atoms with Crippen LogP contribution in [0.5, 0.6) is 0 Å². The Morgan fingerprint density at radius 2 is 2.06 bits per heavy atom. The van der Waals surface area contributed by atoms with Crippen LogP contribution >= 0.6 is 0 Å². The predicted octanol–water partition coefficient (Wildman–Crippen LogP) is 1.94. The number of hydrogen-bond acceptors (Lipinski definition) is 3. The molecule has 96 valence electrons.